The van der Waals surface area contributed by atoms with Crippen LogP contribution in [0.3, 0.4) is 0 Å². The number of amides is 1. The van der Waals surface area contributed by atoms with Crippen LogP contribution in [0.5, 0.6) is 5.75 Å². The number of halogens is 1. The quantitative estimate of drug-likeness (QED) is 0.182. The first-order chi connectivity index (χ1) is 20.9. The van der Waals surface area contributed by atoms with Crippen molar-refractivity contribution in [2.24, 2.45) is 5.92 Å². The number of rotatable bonds is 11. The summed E-state index contributed by atoms with van der Waals surface area (Å²) < 4.78 is 7.92. The minimum absolute atomic E-state index is 0.0771. The highest BCUT2D eigenvalue weighted by Crippen LogP contribution is 2.40. The standard InChI is InChI=1S/C36H40ClN3O3/c1-24-6-3-7-25(18-24)22-38-36(42)32-23-39(35-31(32)8-4-9-34(35)43-2)16-5-17-40-29-14-15-30(40)20-26(19-29)21-33(41)27-10-12-28(37)13-11-27/h3-4,6-13,18,23,26,29-30H,5,14-17,19-22H2,1-2H3,(H,38,42). The van der Waals surface area contributed by atoms with Crippen molar-refractivity contribution in [3.05, 3.63) is 100 Å². The summed E-state index contributed by atoms with van der Waals surface area (Å²) in [4.78, 5) is 28.9. The van der Waals surface area contributed by atoms with Gasteiger partial charge >= 0.3 is 0 Å². The molecule has 2 saturated heterocycles. The number of aryl methyl sites for hydroxylation is 2. The predicted molar refractivity (Wildman–Crippen MR) is 172 cm³/mol. The van der Waals surface area contributed by atoms with E-state index in [1.165, 1.54) is 18.4 Å². The molecule has 2 bridgehead atoms. The third-order valence-corrected chi connectivity index (χ3v) is 9.55. The van der Waals surface area contributed by atoms with Crippen LogP contribution < -0.4 is 10.1 Å². The van der Waals surface area contributed by atoms with E-state index in [2.05, 4.69) is 33.8 Å². The molecule has 1 amide bonds. The second-order valence-electron chi connectivity index (χ2n) is 12.2. The Morgan fingerprint density at radius 3 is 2.44 bits per heavy atom. The van der Waals surface area contributed by atoms with Gasteiger partial charge in [0.15, 0.2) is 5.78 Å². The third kappa shape index (κ3) is 6.51. The highest BCUT2D eigenvalue weighted by atomic mass is 35.5. The van der Waals surface area contributed by atoms with Crippen LogP contribution in [-0.4, -0.2) is 46.9 Å². The molecule has 6 rings (SSSR count). The fourth-order valence-electron chi connectivity index (χ4n) is 7.31. The number of nitrogens with zero attached hydrogens (tertiary/aromatic N) is 2. The lowest BCUT2D eigenvalue weighted by molar-refractivity contribution is 0.0807. The second kappa shape index (κ2) is 12.9. The molecule has 0 radical (unpaired) electrons. The number of hydrogen-bond donors (Lipinski definition) is 1. The number of nitrogens with one attached hydrogen (secondary N) is 1. The number of piperidine rings is 1. The van der Waals surface area contributed by atoms with Crippen molar-refractivity contribution < 1.29 is 14.3 Å². The summed E-state index contributed by atoms with van der Waals surface area (Å²) >= 11 is 6.01. The Morgan fingerprint density at radius 2 is 1.72 bits per heavy atom. The fourth-order valence-corrected chi connectivity index (χ4v) is 7.43. The number of hydrogen-bond acceptors (Lipinski definition) is 4. The van der Waals surface area contributed by atoms with E-state index in [-0.39, 0.29) is 11.7 Å². The Bertz CT molecular complexity index is 1600. The largest absolute Gasteiger partial charge is 0.495 e. The minimum atomic E-state index is -0.0771. The number of para-hydroxylation sites is 1. The predicted octanol–water partition coefficient (Wildman–Crippen LogP) is 7.45. The monoisotopic (exact) mass is 597 g/mol. The van der Waals surface area contributed by atoms with Gasteiger partial charge in [0.1, 0.15) is 5.75 Å². The lowest BCUT2D eigenvalue weighted by atomic mass is 9.85. The molecule has 3 aromatic carbocycles. The smallest absolute Gasteiger partial charge is 0.253 e. The molecule has 2 unspecified atom stereocenters. The molecule has 2 fully saturated rings. The lowest BCUT2D eigenvalue weighted by Crippen LogP contribution is -2.43. The number of ketones is 1. The number of benzene rings is 3. The van der Waals surface area contributed by atoms with Gasteiger partial charge in [-0.25, -0.2) is 0 Å². The molecule has 0 spiro atoms. The van der Waals surface area contributed by atoms with E-state index in [0.717, 1.165) is 60.1 Å². The van der Waals surface area contributed by atoms with Gasteiger partial charge in [-0.15, -0.1) is 0 Å². The molecule has 7 heteroatoms. The number of aromatic nitrogens is 1. The molecule has 1 N–H and O–H groups in total. The van der Waals surface area contributed by atoms with Gasteiger partial charge < -0.3 is 14.6 Å². The summed E-state index contributed by atoms with van der Waals surface area (Å²) in [5.41, 5.74) is 4.66. The molecule has 43 heavy (non-hydrogen) atoms. The molecule has 0 aliphatic carbocycles. The average Bonchev–Trinajstić information content (AvgIpc) is 3.49. The molecular weight excluding hydrogens is 558 g/mol. The summed E-state index contributed by atoms with van der Waals surface area (Å²) in [6.07, 6.45) is 8.17. The normalized spacial score (nSPS) is 19.9. The minimum Gasteiger partial charge on any atom is -0.495 e. The van der Waals surface area contributed by atoms with Gasteiger partial charge in [0.25, 0.3) is 5.91 Å². The van der Waals surface area contributed by atoms with Crippen LogP contribution in [0.2, 0.25) is 5.02 Å². The van der Waals surface area contributed by atoms with Crippen molar-refractivity contribution in [1.29, 1.82) is 0 Å². The summed E-state index contributed by atoms with van der Waals surface area (Å²) in [5.74, 6) is 1.37. The fraction of sp³-hybridized carbons (Fsp3) is 0.389. The van der Waals surface area contributed by atoms with Crippen molar-refractivity contribution >= 4 is 34.2 Å². The second-order valence-corrected chi connectivity index (χ2v) is 12.6. The number of carbonyl (C=O) groups is 2. The van der Waals surface area contributed by atoms with Crippen molar-refractivity contribution in [3.8, 4) is 5.75 Å². The van der Waals surface area contributed by atoms with Crippen molar-refractivity contribution in [2.45, 2.75) is 70.6 Å². The Balaban J connectivity index is 1.09. The van der Waals surface area contributed by atoms with E-state index in [4.69, 9.17) is 16.3 Å². The van der Waals surface area contributed by atoms with E-state index >= 15 is 0 Å². The average molecular weight is 598 g/mol. The highest BCUT2D eigenvalue weighted by Gasteiger charge is 2.40. The highest BCUT2D eigenvalue weighted by molar-refractivity contribution is 6.30. The van der Waals surface area contributed by atoms with Gasteiger partial charge in [-0.2, -0.15) is 0 Å². The topological polar surface area (TPSA) is 63.6 Å². The molecule has 2 aliphatic rings. The first kappa shape index (κ1) is 29.5. The van der Waals surface area contributed by atoms with Crippen LogP contribution in [0.25, 0.3) is 10.9 Å². The summed E-state index contributed by atoms with van der Waals surface area (Å²) in [6.45, 7) is 4.36. The number of ether oxygens (including phenoxy) is 1. The van der Waals surface area contributed by atoms with Crippen LogP contribution in [0.4, 0.5) is 0 Å². The van der Waals surface area contributed by atoms with E-state index in [1.807, 2.05) is 48.7 Å². The van der Waals surface area contributed by atoms with Crippen molar-refractivity contribution in [1.82, 2.24) is 14.8 Å². The van der Waals surface area contributed by atoms with Crippen LogP contribution in [0.15, 0.2) is 72.9 Å². The molecule has 2 atom stereocenters. The molecular formula is C36H40ClN3O3. The Hall–Kier alpha value is -3.61. The molecule has 224 valence electrons. The first-order valence-corrected chi connectivity index (χ1v) is 15.8. The van der Waals surface area contributed by atoms with Gasteiger partial charge in [-0.1, -0.05) is 53.6 Å². The first-order valence-electron chi connectivity index (χ1n) is 15.4. The van der Waals surface area contributed by atoms with Crippen molar-refractivity contribution in [2.75, 3.05) is 13.7 Å². The molecule has 1 aromatic heterocycles. The molecule has 6 nitrogen and oxygen atoms in total. The van der Waals surface area contributed by atoms with Gasteiger partial charge in [0.05, 0.1) is 18.2 Å². The van der Waals surface area contributed by atoms with Gasteiger partial charge in [-0.05, 0) is 80.8 Å². The maximum Gasteiger partial charge on any atom is 0.253 e. The molecule has 4 aromatic rings. The van der Waals surface area contributed by atoms with E-state index in [9.17, 15) is 9.59 Å². The van der Waals surface area contributed by atoms with Gasteiger partial charge in [0.2, 0.25) is 0 Å². The maximum absolute atomic E-state index is 13.4. The van der Waals surface area contributed by atoms with Crippen LogP contribution >= 0.6 is 11.6 Å². The SMILES string of the molecule is COc1cccc2c(C(=O)NCc3cccc(C)c3)cn(CCCN3C4CCC3CC(CC(=O)c3ccc(Cl)cc3)C4)c12. The van der Waals surface area contributed by atoms with Crippen molar-refractivity contribution in [3.63, 3.8) is 0 Å². The number of carbonyl (C=O) groups excluding carboxylic acids is 2. The Morgan fingerprint density at radius 1 is 0.977 bits per heavy atom. The molecule has 2 aliphatic heterocycles. The van der Waals surface area contributed by atoms with E-state index < -0.39 is 0 Å². The Labute approximate surface area is 259 Å². The lowest BCUT2D eigenvalue weighted by Gasteiger charge is -2.39. The zero-order valence-electron chi connectivity index (χ0n) is 25.0. The number of methoxy groups -OCH3 is 1. The summed E-state index contributed by atoms with van der Waals surface area (Å²) in [7, 11) is 1.68. The van der Waals surface area contributed by atoms with Gasteiger partial charge in [0, 0.05) is 60.3 Å². The maximum atomic E-state index is 13.4. The molecule has 3 heterocycles. The van der Waals surface area contributed by atoms with E-state index in [1.54, 1.807) is 19.2 Å². The number of fused-ring (bicyclic) bond motifs is 3. The third-order valence-electron chi connectivity index (χ3n) is 9.30. The van der Waals surface area contributed by atoms with Gasteiger partial charge in [-0.3, -0.25) is 14.5 Å². The van der Waals surface area contributed by atoms with Crippen LogP contribution in [0, 0.1) is 12.8 Å². The summed E-state index contributed by atoms with van der Waals surface area (Å²) in [6, 6.07) is 22.5. The summed E-state index contributed by atoms with van der Waals surface area (Å²) in [5, 5.41) is 4.68. The van der Waals surface area contributed by atoms with E-state index in [0.29, 0.717) is 41.6 Å². The Kier molecular flexibility index (Phi) is 8.87. The van der Waals surface area contributed by atoms with Crippen LogP contribution in [0.1, 0.15) is 70.4 Å². The zero-order valence-corrected chi connectivity index (χ0v) is 25.8. The number of Topliss-reactive ketones (excluding diaryl/α,β-unsaturated/α-hetero) is 1. The zero-order chi connectivity index (χ0) is 29.9. The van der Waals surface area contributed by atoms with Crippen LogP contribution in [-0.2, 0) is 13.1 Å². The molecule has 0 saturated carbocycles.